The summed E-state index contributed by atoms with van der Waals surface area (Å²) in [7, 11) is 0. The van der Waals surface area contributed by atoms with Crippen molar-refractivity contribution in [1.29, 1.82) is 0 Å². The van der Waals surface area contributed by atoms with E-state index in [4.69, 9.17) is 22.1 Å². The molecule has 1 atom stereocenters. The summed E-state index contributed by atoms with van der Waals surface area (Å²) < 4.78 is 5.20. The maximum atomic E-state index is 11.7. The van der Waals surface area contributed by atoms with Crippen molar-refractivity contribution in [2.45, 2.75) is 38.8 Å². The van der Waals surface area contributed by atoms with E-state index in [9.17, 15) is 4.79 Å². The number of carbonyl (C=O) groups excluding carboxylic acids is 1. The van der Waals surface area contributed by atoms with Gasteiger partial charge in [0.05, 0.1) is 0 Å². The van der Waals surface area contributed by atoms with Crippen LogP contribution >= 0.6 is 11.6 Å². The first-order chi connectivity index (χ1) is 8.80. The molecule has 0 fully saturated rings. The van der Waals surface area contributed by atoms with Crippen LogP contribution in [0.1, 0.15) is 26.3 Å². The van der Waals surface area contributed by atoms with Gasteiger partial charge < -0.3 is 15.8 Å². The van der Waals surface area contributed by atoms with E-state index >= 15 is 0 Å². The minimum Gasteiger partial charge on any atom is -0.444 e. The summed E-state index contributed by atoms with van der Waals surface area (Å²) in [6, 6.07) is 7.32. The van der Waals surface area contributed by atoms with Crippen LogP contribution in [0.5, 0.6) is 0 Å². The molecule has 1 unspecified atom stereocenters. The van der Waals surface area contributed by atoms with E-state index < -0.39 is 11.7 Å². The summed E-state index contributed by atoms with van der Waals surface area (Å²) >= 11 is 5.82. The Morgan fingerprint density at radius 2 is 1.95 bits per heavy atom. The number of halogens is 1. The fourth-order valence-corrected chi connectivity index (χ4v) is 1.70. The smallest absolute Gasteiger partial charge is 0.407 e. The first-order valence-electron chi connectivity index (χ1n) is 6.24. The number of rotatable bonds is 4. The van der Waals surface area contributed by atoms with Gasteiger partial charge in [-0.1, -0.05) is 23.7 Å². The van der Waals surface area contributed by atoms with Crippen LogP contribution in [0.2, 0.25) is 5.02 Å². The van der Waals surface area contributed by atoms with E-state index in [0.29, 0.717) is 18.0 Å². The van der Waals surface area contributed by atoms with Crippen LogP contribution in [0.15, 0.2) is 24.3 Å². The number of nitrogens with two attached hydrogens (primary N) is 1. The molecule has 0 aliphatic carbocycles. The summed E-state index contributed by atoms with van der Waals surface area (Å²) in [6.07, 6.45) is 0.198. The van der Waals surface area contributed by atoms with Crippen molar-refractivity contribution in [3.8, 4) is 0 Å². The molecule has 19 heavy (non-hydrogen) atoms. The third kappa shape index (κ3) is 6.45. The Labute approximate surface area is 119 Å². The number of nitrogens with one attached hydrogen (secondary N) is 1. The van der Waals surface area contributed by atoms with Crippen LogP contribution < -0.4 is 11.1 Å². The average Bonchev–Trinajstić information content (AvgIpc) is 2.28. The predicted molar refractivity (Wildman–Crippen MR) is 77.4 cm³/mol. The second-order valence-electron chi connectivity index (χ2n) is 5.41. The van der Waals surface area contributed by atoms with Gasteiger partial charge in [-0.05, 0) is 44.9 Å². The Hall–Kier alpha value is -1.26. The summed E-state index contributed by atoms with van der Waals surface area (Å²) in [5.74, 6) is 0. The van der Waals surface area contributed by atoms with E-state index in [1.165, 1.54) is 0 Å². The lowest BCUT2D eigenvalue weighted by Gasteiger charge is -2.23. The van der Waals surface area contributed by atoms with Crippen molar-refractivity contribution in [1.82, 2.24) is 5.32 Å². The molecule has 0 saturated heterocycles. The molecule has 106 valence electrons. The molecule has 1 aromatic rings. The fourth-order valence-electron chi connectivity index (χ4n) is 1.57. The molecule has 4 nitrogen and oxygen atoms in total. The molecule has 0 heterocycles. The maximum Gasteiger partial charge on any atom is 0.407 e. The molecule has 0 bridgehead atoms. The van der Waals surface area contributed by atoms with Gasteiger partial charge in [0.25, 0.3) is 0 Å². The maximum absolute atomic E-state index is 11.7. The van der Waals surface area contributed by atoms with Gasteiger partial charge in [-0.3, -0.25) is 0 Å². The second-order valence-corrected chi connectivity index (χ2v) is 5.85. The quantitative estimate of drug-likeness (QED) is 0.893. The van der Waals surface area contributed by atoms with Gasteiger partial charge >= 0.3 is 6.09 Å². The zero-order chi connectivity index (χ0) is 14.5. The van der Waals surface area contributed by atoms with Gasteiger partial charge in [-0.25, -0.2) is 4.79 Å². The predicted octanol–water partition coefficient (Wildman–Crippen LogP) is 2.73. The number of hydrogen-bond donors (Lipinski definition) is 2. The molecule has 0 aliphatic heterocycles. The zero-order valence-electron chi connectivity index (χ0n) is 11.6. The van der Waals surface area contributed by atoms with E-state index in [-0.39, 0.29) is 6.04 Å². The van der Waals surface area contributed by atoms with Gasteiger partial charge in [0.1, 0.15) is 5.60 Å². The van der Waals surface area contributed by atoms with Crippen molar-refractivity contribution in [2.75, 3.05) is 6.54 Å². The van der Waals surface area contributed by atoms with E-state index in [2.05, 4.69) is 5.32 Å². The largest absolute Gasteiger partial charge is 0.444 e. The van der Waals surface area contributed by atoms with Crippen LogP contribution in [0.3, 0.4) is 0 Å². The number of alkyl carbamates (subject to hydrolysis) is 1. The summed E-state index contributed by atoms with van der Waals surface area (Å²) in [6.45, 7) is 5.82. The van der Waals surface area contributed by atoms with Crippen LogP contribution in [0.25, 0.3) is 0 Å². The SMILES string of the molecule is CC(C)(C)OC(=O)NC(CN)Cc1ccc(Cl)cc1. The highest BCUT2D eigenvalue weighted by Gasteiger charge is 2.18. The van der Waals surface area contributed by atoms with E-state index in [0.717, 1.165) is 5.56 Å². The molecular formula is C14H21ClN2O2. The second kappa shape index (κ2) is 6.78. The minimum atomic E-state index is -0.510. The number of carbonyl (C=O) groups is 1. The first-order valence-corrected chi connectivity index (χ1v) is 6.62. The summed E-state index contributed by atoms with van der Waals surface area (Å²) in [5.41, 5.74) is 6.22. The molecule has 1 amide bonds. The highest BCUT2D eigenvalue weighted by Crippen LogP contribution is 2.11. The van der Waals surface area contributed by atoms with Crippen LogP contribution in [0.4, 0.5) is 4.79 Å². The molecule has 5 heteroatoms. The number of ether oxygens (including phenoxy) is 1. The Bertz CT molecular complexity index is 412. The van der Waals surface area contributed by atoms with Crippen molar-refractivity contribution in [3.63, 3.8) is 0 Å². The fraction of sp³-hybridized carbons (Fsp3) is 0.500. The standard InChI is InChI=1S/C14H21ClN2O2/c1-14(2,3)19-13(18)17-12(9-16)8-10-4-6-11(15)7-5-10/h4-7,12H,8-9,16H2,1-3H3,(H,17,18). The van der Waals surface area contributed by atoms with Crippen LogP contribution in [0, 0.1) is 0 Å². The molecule has 0 aliphatic rings. The monoisotopic (exact) mass is 284 g/mol. The lowest BCUT2D eigenvalue weighted by atomic mass is 10.1. The number of hydrogen-bond acceptors (Lipinski definition) is 3. The minimum absolute atomic E-state index is 0.156. The Balaban J connectivity index is 2.54. The normalized spacial score (nSPS) is 12.9. The molecular weight excluding hydrogens is 264 g/mol. The van der Waals surface area contributed by atoms with Gasteiger partial charge in [-0.15, -0.1) is 0 Å². The van der Waals surface area contributed by atoms with Gasteiger partial charge in [0, 0.05) is 17.6 Å². The zero-order valence-corrected chi connectivity index (χ0v) is 12.3. The number of benzene rings is 1. The highest BCUT2D eigenvalue weighted by molar-refractivity contribution is 6.30. The van der Waals surface area contributed by atoms with E-state index in [1.54, 1.807) is 0 Å². The summed E-state index contributed by atoms with van der Waals surface area (Å²) in [5, 5.41) is 3.46. The Kier molecular flexibility index (Phi) is 5.63. The molecule has 0 saturated carbocycles. The van der Waals surface area contributed by atoms with Crippen molar-refractivity contribution >= 4 is 17.7 Å². The third-order valence-electron chi connectivity index (χ3n) is 2.40. The Morgan fingerprint density at radius 1 is 1.37 bits per heavy atom. The summed E-state index contributed by atoms with van der Waals surface area (Å²) in [4.78, 5) is 11.7. The van der Waals surface area contributed by atoms with Crippen LogP contribution in [-0.2, 0) is 11.2 Å². The van der Waals surface area contributed by atoms with Gasteiger partial charge in [-0.2, -0.15) is 0 Å². The topological polar surface area (TPSA) is 64.3 Å². The van der Waals surface area contributed by atoms with Crippen molar-refractivity contribution in [3.05, 3.63) is 34.9 Å². The van der Waals surface area contributed by atoms with Gasteiger partial charge in [0.2, 0.25) is 0 Å². The van der Waals surface area contributed by atoms with Gasteiger partial charge in [0.15, 0.2) is 0 Å². The lowest BCUT2D eigenvalue weighted by Crippen LogP contribution is -2.44. The Morgan fingerprint density at radius 3 is 2.42 bits per heavy atom. The average molecular weight is 285 g/mol. The highest BCUT2D eigenvalue weighted by atomic mass is 35.5. The molecule has 3 N–H and O–H groups in total. The molecule has 1 aromatic carbocycles. The third-order valence-corrected chi connectivity index (χ3v) is 2.65. The van der Waals surface area contributed by atoms with Crippen LogP contribution in [-0.4, -0.2) is 24.3 Å². The first kappa shape index (κ1) is 15.8. The molecule has 0 radical (unpaired) electrons. The lowest BCUT2D eigenvalue weighted by molar-refractivity contribution is 0.0506. The van der Waals surface area contributed by atoms with Crippen molar-refractivity contribution in [2.24, 2.45) is 5.73 Å². The van der Waals surface area contributed by atoms with E-state index in [1.807, 2.05) is 45.0 Å². The van der Waals surface area contributed by atoms with Crippen molar-refractivity contribution < 1.29 is 9.53 Å². The molecule has 0 spiro atoms. The molecule has 0 aromatic heterocycles. The molecule has 1 rings (SSSR count). The number of amides is 1.